The number of para-hydroxylation sites is 1. The lowest BCUT2D eigenvalue weighted by Crippen LogP contribution is -2.44. The largest absolute Gasteiger partial charge is 0.465 e. The second kappa shape index (κ2) is 9.31. The number of nitrogens with one attached hydrogen (secondary N) is 1. The maximum absolute atomic E-state index is 13.3. The maximum Gasteiger partial charge on any atom is 0.325 e. The van der Waals surface area contributed by atoms with Gasteiger partial charge in [-0.25, -0.2) is 4.79 Å². The predicted molar refractivity (Wildman–Crippen MR) is 121 cm³/mol. The van der Waals surface area contributed by atoms with E-state index in [4.69, 9.17) is 4.74 Å². The lowest BCUT2D eigenvalue weighted by atomic mass is 10.0. The van der Waals surface area contributed by atoms with Crippen molar-refractivity contribution in [1.29, 1.82) is 0 Å². The molecule has 2 aromatic carbocycles. The molecule has 1 unspecified atom stereocenters. The van der Waals surface area contributed by atoms with Gasteiger partial charge in [0, 0.05) is 16.8 Å². The lowest BCUT2D eigenvalue weighted by Gasteiger charge is -2.31. The number of ether oxygens (including phenoxy) is 1. The Labute approximate surface area is 186 Å². The number of nitrogens with zero attached hydrogens (tertiary/aromatic N) is 2. The second-order valence-electron chi connectivity index (χ2n) is 7.20. The molecule has 0 fully saturated rings. The molecule has 160 valence electrons. The van der Waals surface area contributed by atoms with Gasteiger partial charge in [0.05, 0.1) is 24.9 Å². The van der Waals surface area contributed by atoms with Crippen LogP contribution in [0.5, 0.6) is 0 Å². The molecule has 31 heavy (non-hydrogen) atoms. The van der Waals surface area contributed by atoms with Crippen LogP contribution in [0, 0.1) is 0 Å². The van der Waals surface area contributed by atoms with Gasteiger partial charge < -0.3 is 19.5 Å². The van der Waals surface area contributed by atoms with Gasteiger partial charge in [-0.3, -0.25) is 4.79 Å². The average Bonchev–Trinajstić information content (AvgIpc) is 3.22. The lowest BCUT2D eigenvalue weighted by molar-refractivity contribution is -0.141. The Bertz CT molecular complexity index is 1080. The van der Waals surface area contributed by atoms with Crippen molar-refractivity contribution in [2.75, 3.05) is 19.4 Å². The smallest absolute Gasteiger partial charge is 0.325 e. The van der Waals surface area contributed by atoms with Gasteiger partial charge in [-0.1, -0.05) is 30.3 Å². The van der Waals surface area contributed by atoms with Crippen LogP contribution in [0.15, 0.2) is 71.8 Å². The van der Waals surface area contributed by atoms with E-state index in [0.29, 0.717) is 6.54 Å². The van der Waals surface area contributed by atoms with Gasteiger partial charge in [0.25, 0.3) is 0 Å². The molecule has 1 aromatic heterocycles. The standard InChI is InChI=1S/C24H25N3O3S/c1-3-30-22(28)15-25-24(29)27-16-18-7-4-5-8-20(18)26-14-6-9-21(26)23(27)17-10-12-19(31-2)13-11-17/h4-14,23H,3,15-16H2,1-2H3,(H,25,29). The normalized spacial score (nSPS) is 14.9. The number of benzene rings is 2. The highest BCUT2D eigenvalue weighted by Crippen LogP contribution is 2.37. The van der Waals surface area contributed by atoms with Gasteiger partial charge in [0.2, 0.25) is 0 Å². The first-order chi connectivity index (χ1) is 15.1. The van der Waals surface area contributed by atoms with Gasteiger partial charge >= 0.3 is 12.0 Å². The summed E-state index contributed by atoms with van der Waals surface area (Å²) < 4.78 is 7.10. The van der Waals surface area contributed by atoms with Gasteiger partial charge in [0.1, 0.15) is 6.54 Å². The first-order valence-electron chi connectivity index (χ1n) is 10.2. The fourth-order valence-electron chi connectivity index (χ4n) is 3.94. The van der Waals surface area contributed by atoms with E-state index in [1.165, 1.54) is 0 Å². The van der Waals surface area contributed by atoms with Crippen LogP contribution < -0.4 is 5.32 Å². The van der Waals surface area contributed by atoms with Gasteiger partial charge in [-0.05, 0) is 54.6 Å². The number of urea groups is 1. The SMILES string of the molecule is CCOC(=O)CNC(=O)N1Cc2ccccc2-n2cccc2C1c1ccc(SC)cc1. The molecule has 1 aliphatic rings. The second-order valence-corrected chi connectivity index (χ2v) is 8.08. The number of amides is 2. The van der Waals surface area contributed by atoms with Crippen molar-refractivity contribution in [3.8, 4) is 5.69 Å². The Morgan fingerprint density at radius 3 is 2.61 bits per heavy atom. The Morgan fingerprint density at radius 2 is 1.87 bits per heavy atom. The van der Waals surface area contributed by atoms with Crippen LogP contribution in [-0.2, 0) is 16.1 Å². The van der Waals surface area contributed by atoms with E-state index < -0.39 is 5.97 Å². The molecule has 6 nitrogen and oxygen atoms in total. The summed E-state index contributed by atoms with van der Waals surface area (Å²) >= 11 is 1.68. The summed E-state index contributed by atoms with van der Waals surface area (Å²) in [4.78, 5) is 28.1. The Balaban J connectivity index is 1.76. The number of hydrogen-bond acceptors (Lipinski definition) is 4. The van der Waals surface area contributed by atoms with E-state index in [1.54, 1.807) is 23.6 Å². The summed E-state index contributed by atoms with van der Waals surface area (Å²) in [5, 5.41) is 2.74. The van der Waals surface area contributed by atoms with Crippen LogP contribution in [-0.4, -0.2) is 40.9 Å². The number of esters is 1. The molecule has 0 saturated heterocycles. The zero-order valence-electron chi connectivity index (χ0n) is 17.6. The third-order valence-corrected chi connectivity index (χ3v) is 6.09. The summed E-state index contributed by atoms with van der Waals surface area (Å²) in [6, 6.07) is 19.8. The predicted octanol–water partition coefficient (Wildman–Crippen LogP) is 4.38. The van der Waals surface area contributed by atoms with Gasteiger partial charge in [-0.15, -0.1) is 11.8 Å². The van der Waals surface area contributed by atoms with Crippen LogP contribution >= 0.6 is 11.8 Å². The van der Waals surface area contributed by atoms with E-state index in [9.17, 15) is 9.59 Å². The van der Waals surface area contributed by atoms with E-state index in [2.05, 4.69) is 40.2 Å². The highest BCUT2D eigenvalue weighted by molar-refractivity contribution is 7.98. The number of carbonyl (C=O) groups excluding carboxylic acids is 2. The molecule has 0 saturated carbocycles. The molecule has 4 rings (SSSR count). The first-order valence-corrected chi connectivity index (χ1v) is 11.4. The van der Waals surface area contributed by atoms with Crippen molar-refractivity contribution >= 4 is 23.8 Å². The molecule has 2 heterocycles. The summed E-state index contributed by atoms with van der Waals surface area (Å²) in [6.45, 7) is 2.28. The number of aromatic nitrogens is 1. The number of hydrogen-bond donors (Lipinski definition) is 1. The number of thioether (sulfide) groups is 1. The van der Waals surface area contributed by atoms with Crippen molar-refractivity contribution in [3.05, 3.63) is 83.7 Å². The number of carbonyl (C=O) groups is 2. The average molecular weight is 436 g/mol. The van der Waals surface area contributed by atoms with E-state index in [0.717, 1.165) is 27.4 Å². The monoisotopic (exact) mass is 435 g/mol. The summed E-state index contributed by atoms with van der Waals surface area (Å²) in [5.41, 5.74) is 4.09. The van der Waals surface area contributed by atoms with Gasteiger partial charge in [-0.2, -0.15) is 0 Å². The molecule has 0 bridgehead atoms. The summed E-state index contributed by atoms with van der Waals surface area (Å²) in [6.07, 6.45) is 4.06. The van der Waals surface area contributed by atoms with Crippen molar-refractivity contribution in [2.45, 2.75) is 24.4 Å². The van der Waals surface area contributed by atoms with Crippen LogP contribution in [0.2, 0.25) is 0 Å². The molecule has 2 amide bonds. The molecule has 1 atom stereocenters. The van der Waals surface area contributed by atoms with Gasteiger partial charge in [0.15, 0.2) is 0 Å². The van der Waals surface area contributed by atoms with Crippen molar-refractivity contribution < 1.29 is 14.3 Å². The molecule has 0 aliphatic carbocycles. The Morgan fingerprint density at radius 1 is 1.10 bits per heavy atom. The molecule has 3 aromatic rings. The van der Waals surface area contributed by atoms with Crippen molar-refractivity contribution in [3.63, 3.8) is 0 Å². The Hall–Kier alpha value is -3.19. The maximum atomic E-state index is 13.3. The minimum Gasteiger partial charge on any atom is -0.465 e. The highest BCUT2D eigenvalue weighted by Gasteiger charge is 2.33. The topological polar surface area (TPSA) is 63.6 Å². The van der Waals surface area contributed by atoms with E-state index in [-0.39, 0.29) is 25.2 Å². The zero-order chi connectivity index (χ0) is 21.8. The Kier molecular flexibility index (Phi) is 6.32. The van der Waals surface area contributed by atoms with Crippen LogP contribution in [0.4, 0.5) is 4.79 Å². The molecule has 0 spiro atoms. The minimum absolute atomic E-state index is 0.163. The molecule has 1 N–H and O–H groups in total. The number of fused-ring (bicyclic) bond motifs is 3. The summed E-state index contributed by atoms with van der Waals surface area (Å²) in [5.74, 6) is -0.449. The third-order valence-electron chi connectivity index (χ3n) is 5.35. The zero-order valence-corrected chi connectivity index (χ0v) is 18.4. The van der Waals surface area contributed by atoms with E-state index >= 15 is 0 Å². The molecule has 1 aliphatic heterocycles. The van der Waals surface area contributed by atoms with Crippen molar-refractivity contribution in [2.24, 2.45) is 0 Å². The minimum atomic E-state index is -0.449. The number of rotatable bonds is 5. The molecular formula is C24H25N3O3S. The third kappa shape index (κ3) is 4.32. The molecular weight excluding hydrogens is 410 g/mol. The van der Waals surface area contributed by atoms with E-state index in [1.807, 2.05) is 42.8 Å². The fraction of sp³-hybridized carbons (Fsp3) is 0.250. The fourth-order valence-corrected chi connectivity index (χ4v) is 4.35. The first kappa shape index (κ1) is 21.1. The van der Waals surface area contributed by atoms with Crippen LogP contribution in [0.3, 0.4) is 0 Å². The molecule has 0 radical (unpaired) electrons. The molecule has 7 heteroatoms. The van der Waals surface area contributed by atoms with Crippen LogP contribution in [0.1, 0.15) is 29.8 Å². The van der Waals surface area contributed by atoms with Crippen molar-refractivity contribution in [1.82, 2.24) is 14.8 Å². The van der Waals surface area contributed by atoms with Crippen LogP contribution in [0.25, 0.3) is 5.69 Å². The highest BCUT2D eigenvalue weighted by atomic mass is 32.2. The quantitative estimate of drug-likeness (QED) is 0.477. The summed E-state index contributed by atoms with van der Waals surface area (Å²) in [7, 11) is 0.